The van der Waals surface area contributed by atoms with Gasteiger partial charge in [-0.2, -0.15) is 15.4 Å². The minimum absolute atomic E-state index is 0.468. The van der Waals surface area contributed by atoms with E-state index in [0.29, 0.717) is 11.5 Å². The van der Waals surface area contributed by atoms with Gasteiger partial charge in [-0.05, 0) is 12.1 Å². The summed E-state index contributed by atoms with van der Waals surface area (Å²) >= 11 is 0. The fraction of sp³-hybridized carbons (Fsp3) is 0. The average Bonchev–Trinajstić information content (AvgIpc) is 2.81. The van der Waals surface area contributed by atoms with Crippen molar-refractivity contribution >= 4 is 11.5 Å². The van der Waals surface area contributed by atoms with Gasteiger partial charge in [0.05, 0.1) is 11.9 Å². The highest BCUT2D eigenvalue weighted by Gasteiger charge is 2.04. The lowest BCUT2D eigenvalue weighted by Gasteiger charge is -2.00. The molecule has 15 heavy (non-hydrogen) atoms. The highest BCUT2D eigenvalue weighted by molar-refractivity contribution is 5.97. The molecule has 0 aliphatic carbocycles. The zero-order valence-electron chi connectivity index (χ0n) is 7.88. The number of hydrogen-bond acceptors (Lipinski definition) is 4. The number of nitrogens with two attached hydrogens (primary N) is 1. The topological polar surface area (TPSA) is 92.0 Å². The van der Waals surface area contributed by atoms with Crippen LogP contribution in [0.25, 0.3) is 0 Å². The molecule has 0 atom stereocenters. The lowest BCUT2D eigenvalue weighted by Crippen LogP contribution is -2.31. The zero-order valence-corrected chi connectivity index (χ0v) is 7.88. The Bertz CT molecular complexity index is 433. The van der Waals surface area contributed by atoms with E-state index in [0.717, 1.165) is 5.69 Å². The van der Waals surface area contributed by atoms with E-state index in [9.17, 15) is 0 Å². The number of aromatic amines is 1. The molecule has 6 nitrogen and oxygen atoms in total. The van der Waals surface area contributed by atoms with Gasteiger partial charge < -0.3 is 5.43 Å². The molecule has 0 fully saturated rings. The predicted octanol–water partition coefficient (Wildman–Crippen LogP) is 0.346. The van der Waals surface area contributed by atoms with Crippen molar-refractivity contribution in [2.45, 2.75) is 0 Å². The quantitative estimate of drug-likeness (QED) is 0.283. The zero-order chi connectivity index (χ0) is 10.5. The summed E-state index contributed by atoms with van der Waals surface area (Å²) in [6.45, 7) is 0. The van der Waals surface area contributed by atoms with E-state index < -0.39 is 0 Å². The molecule has 0 bridgehead atoms. The highest BCUT2D eigenvalue weighted by Crippen LogP contribution is 2.10. The molecule has 0 aliphatic heterocycles. The van der Waals surface area contributed by atoms with Gasteiger partial charge in [-0.25, -0.2) is 10.8 Å². The summed E-state index contributed by atoms with van der Waals surface area (Å²) in [5.74, 6) is 5.82. The highest BCUT2D eigenvalue weighted by atomic mass is 15.3. The molecule has 0 aliphatic rings. The van der Waals surface area contributed by atoms with Gasteiger partial charge in [0, 0.05) is 0 Å². The van der Waals surface area contributed by atoms with Crippen LogP contribution in [0, 0.1) is 0 Å². The Kier molecular flexibility index (Phi) is 2.70. The van der Waals surface area contributed by atoms with Crippen molar-refractivity contribution in [2.75, 3.05) is 0 Å². The number of benzene rings is 1. The number of para-hydroxylation sites is 1. The molecule has 0 unspecified atom stereocenters. The van der Waals surface area contributed by atoms with E-state index in [2.05, 4.69) is 25.8 Å². The Hall–Kier alpha value is -2.21. The summed E-state index contributed by atoms with van der Waals surface area (Å²) in [5.41, 5.74) is 3.85. The van der Waals surface area contributed by atoms with Crippen LogP contribution in [0.5, 0.6) is 0 Å². The van der Waals surface area contributed by atoms with Gasteiger partial charge in [0.15, 0.2) is 5.84 Å². The molecule has 76 valence electrons. The van der Waals surface area contributed by atoms with E-state index in [-0.39, 0.29) is 0 Å². The minimum atomic E-state index is 0.468. The molecule has 1 aromatic carbocycles. The molecule has 0 saturated heterocycles. The van der Waals surface area contributed by atoms with Crippen LogP contribution < -0.4 is 11.3 Å². The van der Waals surface area contributed by atoms with Gasteiger partial charge in [-0.1, -0.05) is 18.2 Å². The van der Waals surface area contributed by atoms with Crippen molar-refractivity contribution in [3.8, 4) is 0 Å². The van der Waals surface area contributed by atoms with E-state index in [1.807, 2.05) is 30.3 Å². The summed E-state index contributed by atoms with van der Waals surface area (Å²) in [6.07, 6.45) is 1.54. The van der Waals surface area contributed by atoms with Crippen LogP contribution in [-0.4, -0.2) is 21.2 Å². The first kappa shape index (κ1) is 9.35. The Balaban J connectivity index is 2.32. The van der Waals surface area contributed by atoms with Gasteiger partial charge in [0.2, 0.25) is 0 Å². The Morgan fingerprint density at radius 3 is 2.73 bits per heavy atom. The van der Waals surface area contributed by atoms with Crippen molar-refractivity contribution < 1.29 is 0 Å². The summed E-state index contributed by atoms with van der Waals surface area (Å²) in [5, 5.41) is 10.0. The SMILES string of the molecule is NNC(=Nc1ccccc1)c1cn[nH]n1. The predicted molar refractivity (Wildman–Crippen MR) is 56.3 cm³/mol. The monoisotopic (exact) mass is 202 g/mol. The van der Waals surface area contributed by atoms with E-state index >= 15 is 0 Å². The Morgan fingerprint density at radius 1 is 1.33 bits per heavy atom. The maximum absolute atomic E-state index is 5.35. The standard InChI is InChI=1S/C9H10N6/c10-13-9(8-6-11-15-14-8)12-7-4-2-1-3-5-7/h1-6H,10H2,(H,12,13)(H,11,14,15). The number of hydrogen-bond donors (Lipinski definition) is 3. The Labute approximate surface area is 86.2 Å². The second kappa shape index (κ2) is 4.34. The van der Waals surface area contributed by atoms with Crippen LogP contribution in [0.1, 0.15) is 5.69 Å². The van der Waals surface area contributed by atoms with Crippen molar-refractivity contribution in [3.05, 3.63) is 42.2 Å². The summed E-state index contributed by atoms with van der Waals surface area (Å²) in [6, 6.07) is 9.46. The van der Waals surface area contributed by atoms with Gasteiger partial charge in [0.25, 0.3) is 0 Å². The molecule has 6 heteroatoms. The average molecular weight is 202 g/mol. The fourth-order valence-corrected chi connectivity index (χ4v) is 1.11. The fourth-order valence-electron chi connectivity index (χ4n) is 1.11. The molecule has 1 aromatic heterocycles. The van der Waals surface area contributed by atoms with E-state index in [4.69, 9.17) is 5.84 Å². The number of nitrogens with zero attached hydrogens (tertiary/aromatic N) is 3. The van der Waals surface area contributed by atoms with Gasteiger partial charge in [-0.15, -0.1) is 0 Å². The number of H-pyrrole nitrogens is 1. The number of rotatable bonds is 2. The normalized spacial score (nSPS) is 11.4. The molecule has 0 radical (unpaired) electrons. The van der Waals surface area contributed by atoms with Crippen LogP contribution in [0.4, 0.5) is 5.69 Å². The third-order valence-corrected chi connectivity index (χ3v) is 1.79. The number of hydrazine groups is 1. The summed E-state index contributed by atoms with van der Waals surface area (Å²) in [4.78, 5) is 4.28. The van der Waals surface area contributed by atoms with Crippen LogP contribution in [0.2, 0.25) is 0 Å². The lowest BCUT2D eigenvalue weighted by molar-refractivity contribution is 0.929. The van der Waals surface area contributed by atoms with Crippen molar-refractivity contribution in [2.24, 2.45) is 10.8 Å². The van der Waals surface area contributed by atoms with Crippen LogP contribution in [0.3, 0.4) is 0 Å². The number of aromatic nitrogens is 3. The van der Waals surface area contributed by atoms with Gasteiger partial charge in [0.1, 0.15) is 5.69 Å². The van der Waals surface area contributed by atoms with Crippen LogP contribution in [-0.2, 0) is 0 Å². The third kappa shape index (κ3) is 2.18. The molecule has 2 rings (SSSR count). The van der Waals surface area contributed by atoms with Crippen molar-refractivity contribution in [3.63, 3.8) is 0 Å². The Morgan fingerprint density at radius 2 is 2.13 bits per heavy atom. The first-order valence-electron chi connectivity index (χ1n) is 4.36. The molecule has 1 heterocycles. The van der Waals surface area contributed by atoms with Crippen molar-refractivity contribution in [1.82, 2.24) is 20.8 Å². The third-order valence-electron chi connectivity index (χ3n) is 1.79. The van der Waals surface area contributed by atoms with Gasteiger partial charge >= 0.3 is 0 Å². The summed E-state index contributed by atoms with van der Waals surface area (Å²) in [7, 11) is 0. The molecule has 0 amide bonds. The maximum atomic E-state index is 5.35. The number of aliphatic imine (C=N–C) groups is 1. The molecular weight excluding hydrogens is 192 g/mol. The summed E-state index contributed by atoms with van der Waals surface area (Å²) < 4.78 is 0. The first-order valence-corrected chi connectivity index (χ1v) is 4.36. The smallest absolute Gasteiger partial charge is 0.170 e. The second-order valence-electron chi connectivity index (χ2n) is 2.80. The lowest BCUT2D eigenvalue weighted by atomic mass is 10.3. The van der Waals surface area contributed by atoms with E-state index in [1.54, 1.807) is 6.20 Å². The molecule has 2 aromatic rings. The molecule has 0 saturated carbocycles. The minimum Gasteiger partial charge on any atom is -0.307 e. The van der Waals surface area contributed by atoms with Crippen LogP contribution in [0.15, 0.2) is 41.5 Å². The number of amidine groups is 1. The second-order valence-corrected chi connectivity index (χ2v) is 2.80. The maximum Gasteiger partial charge on any atom is 0.170 e. The molecule has 4 N–H and O–H groups in total. The van der Waals surface area contributed by atoms with Gasteiger partial charge in [-0.3, -0.25) is 0 Å². The van der Waals surface area contributed by atoms with E-state index in [1.165, 1.54) is 0 Å². The molecular formula is C9H10N6. The van der Waals surface area contributed by atoms with Crippen LogP contribution >= 0.6 is 0 Å². The van der Waals surface area contributed by atoms with Crippen molar-refractivity contribution in [1.29, 1.82) is 0 Å². The largest absolute Gasteiger partial charge is 0.307 e. The molecule has 0 spiro atoms. The number of nitrogens with one attached hydrogen (secondary N) is 2. The first-order chi connectivity index (χ1) is 7.40.